The van der Waals surface area contributed by atoms with Crippen LogP contribution in [0.15, 0.2) is 28.8 Å². The Morgan fingerprint density at radius 3 is 3.07 bits per heavy atom. The first-order valence-corrected chi connectivity index (χ1v) is 5.54. The molecule has 15 heavy (non-hydrogen) atoms. The average molecular weight is 207 g/mol. The third kappa shape index (κ3) is 5.25. The highest BCUT2D eigenvalue weighted by atomic mass is 15.1. The summed E-state index contributed by atoms with van der Waals surface area (Å²) in [5, 5.41) is 3.11. The molecule has 0 saturated carbocycles. The normalized spacial score (nSPS) is 16.3. The van der Waals surface area contributed by atoms with E-state index in [-0.39, 0.29) is 0 Å². The molecule has 3 nitrogen and oxygen atoms in total. The number of hydrogen-bond acceptors (Lipinski definition) is 1. The molecule has 0 amide bonds. The molecule has 1 aliphatic carbocycles. The molecule has 0 aromatic heterocycles. The number of nitrogens with zero attached hydrogens (tertiary/aromatic N) is 1. The Labute approximate surface area is 92.2 Å². The van der Waals surface area contributed by atoms with Crippen LogP contribution >= 0.6 is 0 Å². The molecule has 0 aliphatic heterocycles. The van der Waals surface area contributed by atoms with Crippen LogP contribution in [0, 0.1) is 0 Å². The lowest BCUT2D eigenvalue weighted by atomic mass is 10.2. The van der Waals surface area contributed by atoms with Gasteiger partial charge in [0.25, 0.3) is 0 Å². The minimum absolute atomic E-state index is 0.525. The van der Waals surface area contributed by atoms with Gasteiger partial charge in [0, 0.05) is 6.54 Å². The molecule has 0 unspecified atom stereocenters. The van der Waals surface area contributed by atoms with Crippen LogP contribution < -0.4 is 11.1 Å². The molecule has 0 radical (unpaired) electrons. The topological polar surface area (TPSA) is 50.4 Å². The lowest BCUT2D eigenvalue weighted by molar-refractivity contribution is 0.804. The second-order valence-corrected chi connectivity index (χ2v) is 4.09. The van der Waals surface area contributed by atoms with E-state index in [0.29, 0.717) is 12.5 Å². The molecule has 84 valence electrons. The first-order chi connectivity index (χ1) is 7.18. The van der Waals surface area contributed by atoms with E-state index in [4.69, 9.17) is 5.73 Å². The highest BCUT2D eigenvalue weighted by Gasteiger charge is 2.03. The maximum absolute atomic E-state index is 5.69. The summed E-state index contributed by atoms with van der Waals surface area (Å²) in [7, 11) is 0. The van der Waals surface area contributed by atoms with Crippen molar-refractivity contribution in [3.63, 3.8) is 0 Å². The highest BCUT2D eigenvalue weighted by Crippen LogP contribution is 2.19. The summed E-state index contributed by atoms with van der Waals surface area (Å²) >= 11 is 0. The van der Waals surface area contributed by atoms with Crippen LogP contribution in [0.4, 0.5) is 0 Å². The van der Waals surface area contributed by atoms with Gasteiger partial charge in [0.05, 0.1) is 6.54 Å². The summed E-state index contributed by atoms with van der Waals surface area (Å²) in [6.45, 7) is 7.21. The molecule has 0 bridgehead atoms. The van der Waals surface area contributed by atoms with Crippen molar-refractivity contribution in [1.82, 2.24) is 5.32 Å². The first-order valence-electron chi connectivity index (χ1n) is 5.54. The van der Waals surface area contributed by atoms with E-state index in [9.17, 15) is 0 Å². The van der Waals surface area contributed by atoms with Crippen LogP contribution in [0.3, 0.4) is 0 Å². The predicted octanol–water partition coefficient (Wildman–Crippen LogP) is 1.97. The fourth-order valence-electron chi connectivity index (χ4n) is 1.59. The Balaban J connectivity index is 2.13. The van der Waals surface area contributed by atoms with E-state index in [2.05, 4.69) is 23.0 Å². The zero-order valence-corrected chi connectivity index (χ0v) is 9.55. The Hall–Kier alpha value is -1.25. The SMILES string of the molecule is C=C(C)CN=C(N)NCCC1=CCCC1. The maximum atomic E-state index is 5.69. The molecule has 0 aromatic carbocycles. The van der Waals surface area contributed by atoms with E-state index < -0.39 is 0 Å². The van der Waals surface area contributed by atoms with Gasteiger partial charge in [-0.25, -0.2) is 4.99 Å². The van der Waals surface area contributed by atoms with Crippen molar-refractivity contribution >= 4 is 5.96 Å². The van der Waals surface area contributed by atoms with E-state index in [1.54, 1.807) is 5.57 Å². The number of hydrogen-bond donors (Lipinski definition) is 2. The van der Waals surface area contributed by atoms with Crippen molar-refractivity contribution in [1.29, 1.82) is 0 Å². The first kappa shape index (κ1) is 11.8. The van der Waals surface area contributed by atoms with Crippen molar-refractivity contribution in [2.75, 3.05) is 13.1 Å². The van der Waals surface area contributed by atoms with Crippen LogP contribution in [-0.4, -0.2) is 19.0 Å². The molecule has 3 N–H and O–H groups in total. The van der Waals surface area contributed by atoms with Gasteiger partial charge in [-0.1, -0.05) is 23.8 Å². The van der Waals surface area contributed by atoms with E-state index in [1.165, 1.54) is 19.3 Å². The van der Waals surface area contributed by atoms with Crippen molar-refractivity contribution in [3.8, 4) is 0 Å². The molecule has 1 rings (SSSR count). The average Bonchev–Trinajstić information content (AvgIpc) is 2.67. The van der Waals surface area contributed by atoms with Gasteiger partial charge in [0.15, 0.2) is 5.96 Å². The summed E-state index contributed by atoms with van der Waals surface area (Å²) in [5.41, 5.74) is 8.26. The standard InChI is InChI=1S/C12H21N3/c1-10(2)9-15-12(13)14-8-7-11-5-3-4-6-11/h5H,1,3-4,6-9H2,2H3,(H3,13,14,15). The third-order valence-corrected chi connectivity index (χ3v) is 2.41. The molecule has 0 spiro atoms. The summed E-state index contributed by atoms with van der Waals surface area (Å²) in [6, 6.07) is 0. The summed E-state index contributed by atoms with van der Waals surface area (Å²) in [4.78, 5) is 4.15. The number of nitrogens with two attached hydrogens (primary N) is 1. The molecule has 1 aliphatic rings. The minimum atomic E-state index is 0.525. The van der Waals surface area contributed by atoms with Gasteiger partial charge in [0.2, 0.25) is 0 Å². The summed E-state index contributed by atoms with van der Waals surface area (Å²) in [6.07, 6.45) is 7.24. The van der Waals surface area contributed by atoms with E-state index in [1.807, 2.05) is 6.92 Å². The van der Waals surface area contributed by atoms with Gasteiger partial charge in [0.1, 0.15) is 0 Å². The fraction of sp³-hybridized carbons (Fsp3) is 0.583. The largest absolute Gasteiger partial charge is 0.370 e. The third-order valence-electron chi connectivity index (χ3n) is 2.41. The van der Waals surface area contributed by atoms with Crippen molar-refractivity contribution in [2.24, 2.45) is 10.7 Å². The zero-order valence-electron chi connectivity index (χ0n) is 9.55. The Bertz CT molecular complexity index is 277. The van der Waals surface area contributed by atoms with Crippen molar-refractivity contribution < 1.29 is 0 Å². The van der Waals surface area contributed by atoms with Crippen LogP contribution in [-0.2, 0) is 0 Å². The minimum Gasteiger partial charge on any atom is -0.370 e. The quantitative estimate of drug-likeness (QED) is 0.411. The second kappa shape index (κ2) is 6.27. The van der Waals surface area contributed by atoms with Crippen LogP contribution in [0.5, 0.6) is 0 Å². The highest BCUT2D eigenvalue weighted by molar-refractivity contribution is 5.77. The Morgan fingerprint density at radius 1 is 1.67 bits per heavy atom. The number of guanidine groups is 1. The molecule has 0 aromatic rings. The predicted molar refractivity (Wildman–Crippen MR) is 65.9 cm³/mol. The summed E-state index contributed by atoms with van der Waals surface area (Å²) < 4.78 is 0. The molecule has 0 atom stereocenters. The lowest BCUT2D eigenvalue weighted by Crippen LogP contribution is -2.32. The monoisotopic (exact) mass is 207 g/mol. The maximum Gasteiger partial charge on any atom is 0.188 e. The zero-order chi connectivity index (χ0) is 11.1. The number of aliphatic imine (C=N–C) groups is 1. The molecule has 0 saturated heterocycles. The molecule has 3 heteroatoms. The lowest BCUT2D eigenvalue weighted by Gasteiger charge is -2.06. The van der Waals surface area contributed by atoms with Crippen LogP contribution in [0.2, 0.25) is 0 Å². The summed E-state index contributed by atoms with van der Waals surface area (Å²) in [5.74, 6) is 0.525. The number of rotatable bonds is 5. The van der Waals surface area contributed by atoms with Gasteiger partial charge in [-0.05, 0) is 32.6 Å². The van der Waals surface area contributed by atoms with Crippen molar-refractivity contribution in [2.45, 2.75) is 32.6 Å². The van der Waals surface area contributed by atoms with Gasteiger partial charge >= 0.3 is 0 Å². The van der Waals surface area contributed by atoms with Gasteiger partial charge in [-0.15, -0.1) is 0 Å². The molecular formula is C12H21N3. The molecular weight excluding hydrogens is 186 g/mol. The molecule has 0 fully saturated rings. The molecule has 0 heterocycles. The van der Waals surface area contributed by atoms with Crippen LogP contribution in [0.25, 0.3) is 0 Å². The number of nitrogens with one attached hydrogen (secondary N) is 1. The van der Waals surface area contributed by atoms with Crippen molar-refractivity contribution in [3.05, 3.63) is 23.8 Å². The second-order valence-electron chi connectivity index (χ2n) is 4.09. The van der Waals surface area contributed by atoms with Crippen LogP contribution in [0.1, 0.15) is 32.6 Å². The van der Waals surface area contributed by atoms with E-state index in [0.717, 1.165) is 18.5 Å². The fourth-order valence-corrected chi connectivity index (χ4v) is 1.59. The smallest absolute Gasteiger partial charge is 0.188 e. The van der Waals surface area contributed by atoms with Gasteiger partial charge in [-0.2, -0.15) is 0 Å². The van der Waals surface area contributed by atoms with Gasteiger partial charge < -0.3 is 11.1 Å². The Morgan fingerprint density at radius 2 is 2.47 bits per heavy atom. The van der Waals surface area contributed by atoms with Gasteiger partial charge in [-0.3, -0.25) is 0 Å². The van der Waals surface area contributed by atoms with E-state index >= 15 is 0 Å². The number of allylic oxidation sites excluding steroid dienone is 1. The Kier molecular flexibility index (Phi) is 4.95.